The molecule has 2 N–H and O–H groups in total. The number of halogens is 2. The Balaban J connectivity index is 3.25. The Morgan fingerprint density at radius 3 is 2.50 bits per heavy atom. The molecule has 0 aliphatic heterocycles. The molecular formula is C10H9Cl2NO3. The highest BCUT2D eigenvalue weighted by Crippen LogP contribution is 2.28. The molecule has 86 valence electrons. The molecule has 0 aliphatic rings. The first-order valence-electron chi connectivity index (χ1n) is 4.30. The van der Waals surface area contributed by atoms with Crippen LogP contribution in [0.3, 0.4) is 0 Å². The molecule has 0 atom stereocenters. The first-order chi connectivity index (χ1) is 7.45. The van der Waals surface area contributed by atoms with Gasteiger partial charge in [0.2, 0.25) is 5.91 Å². The highest BCUT2D eigenvalue weighted by molar-refractivity contribution is 6.68. The number of methoxy groups -OCH3 is 1. The largest absolute Gasteiger partial charge is 0.496 e. The van der Waals surface area contributed by atoms with Crippen molar-refractivity contribution in [3.05, 3.63) is 28.3 Å². The second kappa shape index (κ2) is 5.18. The molecule has 1 aromatic rings. The first-order valence-corrected chi connectivity index (χ1v) is 5.05. The van der Waals surface area contributed by atoms with Gasteiger partial charge in [-0.3, -0.25) is 9.59 Å². The molecule has 16 heavy (non-hydrogen) atoms. The van der Waals surface area contributed by atoms with Gasteiger partial charge >= 0.3 is 0 Å². The monoisotopic (exact) mass is 261 g/mol. The average Bonchev–Trinajstić information content (AvgIpc) is 2.19. The number of carbonyl (C=O) groups excluding carboxylic acids is 2. The fraction of sp³-hybridized carbons (Fsp3) is 0.200. The maximum Gasteiger partial charge on any atom is 0.256 e. The van der Waals surface area contributed by atoms with Crippen molar-refractivity contribution in [3.63, 3.8) is 0 Å². The number of hydrogen-bond donors (Lipinski definition) is 1. The normalized spacial score (nSPS) is 9.94. The molecule has 0 spiro atoms. The summed E-state index contributed by atoms with van der Waals surface area (Å²) in [6.07, 6.45) is -0.0219. The molecule has 0 fully saturated rings. The molecule has 1 rings (SSSR count). The van der Waals surface area contributed by atoms with Crippen molar-refractivity contribution in [1.29, 1.82) is 0 Å². The summed E-state index contributed by atoms with van der Waals surface area (Å²) >= 11 is 11.2. The molecule has 0 heterocycles. The number of hydrogen-bond acceptors (Lipinski definition) is 3. The molecule has 0 unspecified atom stereocenters. The Bertz CT molecular complexity index is 446. The Hall–Kier alpha value is -1.26. The van der Waals surface area contributed by atoms with Crippen molar-refractivity contribution in [2.45, 2.75) is 6.42 Å². The van der Waals surface area contributed by atoms with Gasteiger partial charge in [0.15, 0.2) is 0 Å². The zero-order chi connectivity index (χ0) is 12.3. The van der Waals surface area contributed by atoms with Crippen LogP contribution in [-0.4, -0.2) is 18.3 Å². The smallest absolute Gasteiger partial charge is 0.256 e. The second-order valence-corrected chi connectivity index (χ2v) is 3.81. The Kier molecular flexibility index (Phi) is 4.15. The van der Waals surface area contributed by atoms with Gasteiger partial charge in [0.1, 0.15) is 5.75 Å². The van der Waals surface area contributed by atoms with Crippen LogP contribution in [0.1, 0.15) is 15.9 Å². The van der Waals surface area contributed by atoms with E-state index in [0.717, 1.165) is 0 Å². The molecule has 4 nitrogen and oxygen atoms in total. The van der Waals surface area contributed by atoms with Crippen LogP contribution in [0.5, 0.6) is 5.75 Å². The van der Waals surface area contributed by atoms with Crippen molar-refractivity contribution in [2.24, 2.45) is 5.73 Å². The fourth-order valence-electron chi connectivity index (χ4n) is 1.24. The van der Waals surface area contributed by atoms with Crippen molar-refractivity contribution in [2.75, 3.05) is 7.11 Å². The quantitative estimate of drug-likeness (QED) is 0.840. The molecule has 6 heteroatoms. The highest BCUT2D eigenvalue weighted by Gasteiger charge is 2.14. The number of ether oxygens (including phenoxy) is 1. The van der Waals surface area contributed by atoms with E-state index in [-0.39, 0.29) is 22.8 Å². The van der Waals surface area contributed by atoms with Gasteiger partial charge in [-0.1, -0.05) is 11.6 Å². The lowest BCUT2D eigenvalue weighted by Gasteiger charge is -2.09. The van der Waals surface area contributed by atoms with Gasteiger partial charge in [-0.2, -0.15) is 0 Å². The van der Waals surface area contributed by atoms with E-state index in [1.807, 2.05) is 0 Å². The lowest BCUT2D eigenvalue weighted by Crippen LogP contribution is -2.14. The van der Waals surface area contributed by atoms with E-state index in [4.69, 9.17) is 33.7 Å². The van der Waals surface area contributed by atoms with E-state index in [0.29, 0.717) is 5.56 Å². The van der Waals surface area contributed by atoms with E-state index in [9.17, 15) is 9.59 Å². The van der Waals surface area contributed by atoms with Gasteiger partial charge in [-0.25, -0.2) is 0 Å². The second-order valence-electron chi connectivity index (χ2n) is 3.06. The molecule has 0 saturated heterocycles. The minimum Gasteiger partial charge on any atom is -0.496 e. The van der Waals surface area contributed by atoms with Crippen LogP contribution >= 0.6 is 23.2 Å². The summed E-state index contributed by atoms with van der Waals surface area (Å²) in [7, 11) is 1.39. The molecule has 1 aromatic carbocycles. The summed E-state index contributed by atoms with van der Waals surface area (Å²) in [5.74, 6) is -0.255. The summed E-state index contributed by atoms with van der Waals surface area (Å²) in [5.41, 5.74) is 5.70. The predicted molar refractivity (Wildman–Crippen MR) is 61.1 cm³/mol. The van der Waals surface area contributed by atoms with Gasteiger partial charge in [-0.15, -0.1) is 0 Å². The van der Waals surface area contributed by atoms with Gasteiger partial charge in [-0.05, 0) is 29.3 Å². The molecule has 0 aliphatic carbocycles. The average molecular weight is 262 g/mol. The van der Waals surface area contributed by atoms with E-state index < -0.39 is 11.1 Å². The summed E-state index contributed by atoms with van der Waals surface area (Å²) in [4.78, 5) is 21.8. The Morgan fingerprint density at radius 2 is 2.06 bits per heavy atom. The van der Waals surface area contributed by atoms with E-state index in [1.54, 1.807) is 0 Å². The van der Waals surface area contributed by atoms with Gasteiger partial charge in [0.25, 0.3) is 5.24 Å². The third kappa shape index (κ3) is 2.87. The molecule has 0 saturated carbocycles. The SMILES string of the molecule is COc1cc(CC(N)=O)c(Cl)cc1C(=O)Cl. The number of primary amides is 1. The van der Waals surface area contributed by atoms with Crippen molar-refractivity contribution in [1.82, 2.24) is 0 Å². The van der Waals surface area contributed by atoms with E-state index in [2.05, 4.69) is 0 Å². The van der Waals surface area contributed by atoms with E-state index >= 15 is 0 Å². The van der Waals surface area contributed by atoms with Crippen LogP contribution in [0.4, 0.5) is 0 Å². The fourth-order valence-corrected chi connectivity index (χ4v) is 1.62. The molecule has 0 aromatic heterocycles. The van der Waals surface area contributed by atoms with E-state index in [1.165, 1.54) is 19.2 Å². The molecule has 0 bridgehead atoms. The van der Waals surface area contributed by atoms with Crippen LogP contribution < -0.4 is 10.5 Å². The van der Waals surface area contributed by atoms with Gasteiger partial charge in [0.05, 0.1) is 19.1 Å². The molecular weight excluding hydrogens is 253 g/mol. The lowest BCUT2D eigenvalue weighted by molar-refractivity contribution is -0.117. The zero-order valence-corrected chi connectivity index (χ0v) is 9.93. The van der Waals surface area contributed by atoms with Gasteiger partial charge in [0, 0.05) is 5.02 Å². The zero-order valence-electron chi connectivity index (χ0n) is 8.42. The van der Waals surface area contributed by atoms with Crippen LogP contribution in [0.15, 0.2) is 12.1 Å². The number of rotatable bonds is 4. The van der Waals surface area contributed by atoms with Crippen LogP contribution in [0, 0.1) is 0 Å². The predicted octanol–water partition coefficient (Wildman–Crippen LogP) is 1.76. The first kappa shape index (κ1) is 12.8. The molecule has 1 amide bonds. The van der Waals surface area contributed by atoms with Crippen LogP contribution in [0.25, 0.3) is 0 Å². The lowest BCUT2D eigenvalue weighted by atomic mass is 10.1. The summed E-state index contributed by atoms with van der Waals surface area (Å²) in [6.45, 7) is 0. The number of amides is 1. The van der Waals surface area contributed by atoms with Crippen LogP contribution in [-0.2, 0) is 11.2 Å². The van der Waals surface area contributed by atoms with Gasteiger partial charge < -0.3 is 10.5 Å². The highest BCUT2D eigenvalue weighted by atomic mass is 35.5. The Morgan fingerprint density at radius 1 is 1.44 bits per heavy atom. The maximum atomic E-state index is 11.0. The standard InChI is InChI=1S/C10H9Cl2NO3/c1-16-8-2-5(3-9(13)14)7(11)4-6(8)10(12)15/h2,4H,3H2,1H3,(H2,13,14). The minimum atomic E-state index is -0.677. The third-order valence-electron chi connectivity index (χ3n) is 1.94. The van der Waals surface area contributed by atoms with Crippen LogP contribution in [0.2, 0.25) is 5.02 Å². The summed E-state index contributed by atoms with van der Waals surface area (Å²) in [6, 6.07) is 2.83. The van der Waals surface area contributed by atoms with Crippen molar-refractivity contribution < 1.29 is 14.3 Å². The summed E-state index contributed by atoms with van der Waals surface area (Å²) < 4.78 is 4.97. The number of carbonyl (C=O) groups is 2. The topological polar surface area (TPSA) is 69.4 Å². The molecule has 0 radical (unpaired) electrons. The number of benzene rings is 1. The van der Waals surface area contributed by atoms with Crippen molar-refractivity contribution >= 4 is 34.4 Å². The maximum absolute atomic E-state index is 11.0. The Labute approximate surface area is 102 Å². The summed E-state index contributed by atoms with van der Waals surface area (Å²) in [5, 5.41) is -0.423. The van der Waals surface area contributed by atoms with Crippen molar-refractivity contribution in [3.8, 4) is 5.75 Å². The number of nitrogens with two attached hydrogens (primary N) is 1. The third-order valence-corrected chi connectivity index (χ3v) is 2.50. The minimum absolute atomic E-state index is 0.0219.